The van der Waals surface area contributed by atoms with Crippen LogP contribution in [0.1, 0.15) is 74.8 Å². The molecule has 3 aliphatic carbocycles. The summed E-state index contributed by atoms with van der Waals surface area (Å²) in [6.07, 6.45) is 2.94. The summed E-state index contributed by atoms with van der Waals surface area (Å²) < 4.78 is 22.5. The van der Waals surface area contributed by atoms with Crippen LogP contribution in [0.2, 0.25) is 5.02 Å². The van der Waals surface area contributed by atoms with E-state index in [0.29, 0.717) is 34.9 Å². The van der Waals surface area contributed by atoms with Crippen molar-refractivity contribution in [3.05, 3.63) is 152 Å². The van der Waals surface area contributed by atoms with Crippen LogP contribution >= 0.6 is 78.1 Å². The molecule has 1 N–H and O–H groups in total. The van der Waals surface area contributed by atoms with Crippen LogP contribution in [0.3, 0.4) is 0 Å². The summed E-state index contributed by atoms with van der Waals surface area (Å²) in [5.41, 5.74) is 5.43. The first-order valence-electron chi connectivity index (χ1n) is 19.7. The molecule has 0 radical (unpaired) electrons. The molecule has 308 valence electrons. The third-order valence-electron chi connectivity index (χ3n) is 11.9. The highest BCUT2D eigenvalue weighted by atomic mass is 127. The van der Waals surface area contributed by atoms with Gasteiger partial charge in [-0.2, -0.15) is 0 Å². The van der Waals surface area contributed by atoms with Crippen LogP contribution in [-0.4, -0.2) is 42.1 Å². The SMILES string of the molecule is O=C1C2=C(O)c3c(OCc4ccccc4)cc(C4CCCN4Cc4ccccc4)c(Cl)c3CC2C[C@H]2Cc3onc(OCc4ccccc4)c3C(=O)[C@@]12SOB(I)SSS. The molecule has 0 amide bonds. The molecule has 2 unspecified atom stereocenters. The summed E-state index contributed by atoms with van der Waals surface area (Å²) in [5, 5.41) is 17.3. The van der Waals surface area contributed by atoms with Crippen molar-refractivity contribution in [3.8, 4) is 11.6 Å². The zero-order chi connectivity index (χ0) is 41.4. The highest BCUT2D eigenvalue weighted by Crippen LogP contribution is 2.58. The lowest BCUT2D eigenvalue weighted by atomic mass is 9.60. The van der Waals surface area contributed by atoms with Crippen molar-refractivity contribution in [2.24, 2.45) is 11.8 Å². The van der Waals surface area contributed by atoms with E-state index in [4.69, 9.17) is 29.7 Å². The molecule has 9 nitrogen and oxygen atoms in total. The minimum atomic E-state index is -1.76. The summed E-state index contributed by atoms with van der Waals surface area (Å²) in [7, 11) is 2.56. The standard InChI is InChI=1S/C44H39BClIN2O7S4/c46-39-31(33-17-10-18-49(33)23-26-11-4-1-5-12-26)22-34(53-24-27-13-6-2-7-14-27)37-32(39)20-29-19-30-21-35-38(43(48-55-35)54-25-28-15-8-3-9-16-28)42(52)44(30,41(51)36(29)40(37)50)58-56-45(47)59-60-57/h1-9,11-16,22,29-30,33,50,57H,10,17-21,23-25H2/t29?,30-,33?,44-/m0/s1. The van der Waals surface area contributed by atoms with Crippen molar-refractivity contribution >= 4 is 99.5 Å². The number of ketones is 2. The minimum absolute atomic E-state index is 0.0230. The Morgan fingerprint density at radius 2 is 1.60 bits per heavy atom. The quantitative estimate of drug-likeness (QED) is 0.0276. The number of hydrogen-bond donors (Lipinski definition) is 2. The number of allylic oxidation sites excluding steroid dienone is 1. The molecule has 2 fully saturated rings. The van der Waals surface area contributed by atoms with Gasteiger partial charge in [0, 0.05) is 29.6 Å². The number of carbonyl (C=O) groups excluding carboxylic acids is 2. The van der Waals surface area contributed by atoms with Gasteiger partial charge in [0.05, 0.1) is 5.56 Å². The van der Waals surface area contributed by atoms with Crippen molar-refractivity contribution in [3.63, 3.8) is 0 Å². The van der Waals surface area contributed by atoms with E-state index in [2.05, 4.69) is 68.4 Å². The second-order valence-corrected chi connectivity index (χ2v) is 21.9. The molecule has 2 heterocycles. The second-order valence-electron chi connectivity index (χ2n) is 15.4. The number of Topliss-reactive ketones (excluding diaryl/α,β-unsaturated/α-hetero) is 2. The van der Waals surface area contributed by atoms with E-state index in [1.165, 1.54) is 26.0 Å². The predicted octanol–water partition coefficient (Wildman–Crippen LogP) is 11.3. The first kappa shape index (κ1) is 42.3. The maximum Gasteiger partial charge on any atom is 0.458 e. The Kier molecular flexibility index (Phi) is 12.9. The van der Waals surface area contributed by atoms with E-state index < -0.39 is 32.2 Å². The second kappa shape index (κ2) is 18.4. The molecule has 9 rings (SSSR count). The number of aromatic nitrogens is 1. The Balaban J connectivity index is 1.13. The summed E-state index contributed by atoms with van der Waals surface area (Å²) in [6.45, 7) is 2.08. The highest BCUT2D eigenvalue weighted by molar-refractivity contribution is 14.1. The van der Waals surface area contributed by atoms with Gasteiger partial charge in [-0.15, -0.1) is 11.7 Å². The fourth-order valence-corrected chi connectivity index (χ4v) is 14.7. The number of rotatable bonds is 14. The van der Waals surface area contributed by atoms with E-state index in [1.54, 1.807) is 0 Å². The van der Waals surface area contributed by atoms with Crippen molar-refractivity contribution in [2.45, 2.75) is 62.7 Å². The van der Waals surface area contributed by atoms with Gasteiger partial charge in [-0.25, -0.2) is 0 Å². The number of likely N-dealkylation sites (tertiary alicyclic amines) is 1. The van der Waals surface area contributed by atoms with Gasteiger partial charge in [-0.1, -0.05) is 136 Å². The fraction of sp³-hybridized carbons (Fsp3) is 0.295. The number of carbonyl (C=O) groups is 2. The molecule has 4 atom stereocenters. The van der Waals surface area contributed by atoms with Gasteiger partial charge >= 0.3 is 4.05 Å². The van der Waals surface area contributed by atoms with Crippen LogP contribution in [0.5, 0.6) is 11.6 Å². The molecule has 1 aliphatic heterocycles. The van der Waals surface area contributed by atoms with E-state index in [1.807, 2.05) is 72.8 Å². The summed E-state index contributed by atoms with van der Waals surface area (Å²) in [4.78, 5) is 33.0. The van der Waals surface area contributed by atoms with Gasteiger partial charge in [0.1, 0.15) is 30.3 Å². The molecule has 4 aromatic carbocycles. The Bertz CT molecular complexity index is 2430. The zero-order valence-corrected chi connectivity index (χ0v) is 38.4. The lowest BCUT2D eigenvalue weighted by molar-refractivity contribution is -0.120. The van der Waals surface area contributed by atoms with Gasteiger partial charge in [-0.3, -0.25) is 14.5 Å². The smallest absolute Gasteiger partial charge is 0.458 e. The van der Waals surface area contributed by atoms with E-state index in [0.717, 1.165) is 60.2 Å². The Labute approximate surface area is 384 Å². The van der Waals surface area contributed by atoms with Crippen molar-refractivity contribution in [1.82, 2.24) is 10.1 Å². The molecule has 0 bridgehead atoms. The first-order valence-corrected chi connectivity index (χ1v) is 25.3. The summed E-state index contributed by atoms with van der Waals surface area (Å²) in [5.74, 6) is -1.39. The zero-order valence-electron chi connectivity index (χ0n) is 32.1. The number of aliphatic hydroxyl groups excluding tert-OH is 1. The Morgan fingerprint density at radius 3 is 2.28 bits per heavy atom. The highest BCUT2D eigenvalue weighted by Gasteiger charge is 2.64. The van der Waals surface area contributed by atoms with Crippen molar-refractivity contribution in [2.75, 3.05) is 6.54 Å². The van der Waals surface area contributed by atoms with Crippen LogP contribution in [-0.2, 0) is 41.5 Å². The molecule has 1 saturated heterocycles. The van der Waals surface area contributed by atoms with E-state index in [-0.39, 0.29) is 48.5 Å². The number of fused-ring (bicyclic) bond motifs is 4. The number of benzene rings is 4. The van der Waals surface area contributed by atoms with Crippen molar-refractivity contribution in [1.29, 1.82) is 0 Å². The third-order valence-corrected chi connectivity index (χ3v) is 18.0. The number of thiol groups is 1. The third kappa shape index (κ3) is 8.06. The molecule has 4 aliphatic rings. The lowest BCUT2D eigenvalue weighted by Crippen LogP contribution is -2.58. The number of ether oxygens (including phenoxy) is 2. The maximum absolute atomic E-state index is 15.5. The minimum Gasteiger partial charge on any atom is -0.507 e. The van der Waals surface area contributed by atoms with E-state index in [9.17, 15) is 5.11 Å². The summed E-state index contributed by atoms with van der Waals surface area (Å²) in [6, 6.07) is 31.8. The normalized spacial score (nSPS) is 22.2. The molecule has 0 spiro atoms. The van der Waals surface area contributed by atoms with E-state index >= 15 is 9.59 Å². The largest absolute Gasteiger partial charge is 0.507 e. The monoisotopic (exact) mass is 1010 g/mol. The Hall–Kier alpha value is -3.03. The Morgan fingerprint density at radius 1 is 0.933 bits per heavy atom. The fourth-order valence-electron chi connectivity index (χ4n) is 9.23. The number of halogens is 2. The predicted molar refractivity (Wildman–Crippen MR) is 252 cm³/mol. The van der Waals surface area contributed by atoms with Crippen LogP contribution in [0, 0.1) is 11.8 Å². The topological polar surface area (TPSA) is 111 Å². The van der Waals surface area contributed by atoms with Gasteiger partial charge in [0.15, 0.2) is 22.1 Å². The van der Waals surface area contributed by atoms with Gasteiger partial charge in [-0.05, 0) is 105 Å². The number of nitrogens with zero attached hydrogens (tertiary/aromatic N) is 2. The molecule has 1 saturated carbocycles. The molecule has 16 heteroatoms. The molecule has 60 heavy (non-hydrogen) atoms. The number of aliphatic hydroxyl groups is 1. The van der Waals surface area contributed by atoms with Crippen molar-refractivity contribution < 1.29 is 32.8 Å². The van der Waals surface area contributed by atoms with Crippen LogP contribution < -0.4 is 9.47 Å². The molecular weight excluding hydrogens is 970 g/mol. The average molecular weight is 1010 g/mol. The molecule has 5 aromatic rings. The molecule has 1 aromatic heterocycles. The molecular formula is C44H39BClIN2O7S4. The number of hydrogen-bond acceptors (Lipinski definition) is 13. The summed E-state index contributed by atoms with van der Waals surface area (Å²) >= 11 is 14.7. The lowest BCUT2D eigenvalue weighted by Gasteiger charge is -2.47. The van der Waals surface area contributed by atoms with Gasteiger partial charge in [0.2, 0.25) is 0 Å². The van der Waals surface area contributed by atoms with Crippen LogP contribution in [0.4, 0.5) is 0 Å². The first-order chi connectivity index (χ1) is 29.3. The van der Waals surface area contributed by atoms with Crippen LogP contribution in [0.25, 0.3) is 5.76 Å². The maximum atomic E-state index is 15.5. The van der Waals surface area contributed by atoms with Crippen LogP contribution in [0.15, 0.2) is 107 Å². The van der Waals surface area contributed by atoms with Gasteiger partial charge < -0.3 is 23.2 Å². The van der Waals surface area contributed by atoms with Gasteiger partial charge in [0.25, 0.3) is 5.88 Å². The average Bonchev–Trinajstić information content (AvgIpc) is 3.90.